The van der Waals surface area contributed by atoms with Gasteiger partial charge in [0.25, 0.3) is 0 Å². The molecule has 4 heteroatoms. The Hall–Kier alpha value is -1.00. The number of carbonyl (C=O) groups is 1. The lowest BCUT2D eigenvalue weighted by molar-refractivity contribution is -0.143. The Bertz CT molecular complexity index is 334. The molecule has 2 N–H and O–H groups in total. The molecule has 0 saturated carbocycles. The van der Waals surface area contributed by atoms with Crippen molar-refractivity contribution in [3.8, 4) is 0 Å². The van der Waals surface area contributed by atoms with Gasteiger partial charge in [-0.3, -0.25) is 4.79 Å². The normalized spacial score (nSPS) is 9.55. The van der Waals surface area contributed by atoms with Crippen molar-refractivity contribution < 1.29 is 9.53 Å². The van der Waals surface area contributed by atoms with Crippen molar-refractivity contribution in [2.45, 2.75) is 46.0 Å². The first-order valence-corrected chi connectivity index (χ1v) is 8.06. The third kappa shape index (κ3) is 15.1. The highest BCUT2D eigenvalue weighted by molar-refractivity contribution is 7.99. The van der Waals surface area contributed by atoms with Gasteiger partial charge in [0.1, 0.15) is 6.61 Å². The fraction of sp³-hybridized carbons (Fsp3) is 0.562. The molecule has 0 aliphatic carbocycles. The van der Waals surface area contributed by atoms with Gasteiger partial charge in [-0.2, -0.15) is 11.8 Å². The second-order valence-corrected chi connectivity index (χ2v) is 6.30. The number of ether oxygens (including phenoxy) is 1. The van der Waals surface area contributed by atoms with Crippen LogP contribution in [0.3, 0.4) is 0 Å². The summed E-state index contributed by atoms with van der Waals surface area (Å²) in [5, 5.41) is 0. The first-order valence-electron chi connectivity index (χ1n) is 6.84. The number of esters is 1. The molecule has 0 aromatic heterocycles. The first kappa shape index (κ1) is 21.3. The van der Waals surface area contributed by atoms with E-state index in [1.807, 2.05) is 55.9 Å². The highest BCUT2D eigenvalue weighted by Crippen LogP contribution is 2.18. The van der Waals surface area contributed by atoms with Crippen LogP contribution < -0.4 is 5.73 Å². The third-order valence-corrected chi connectivity index (χ3v) is 3.25. The Labute approximate surface area is 128 Å². The molecule has 116 valence electrons. The van der Waals surface area contributed by atoms with Crippen molar-refractivity contribution in [3.63, 3.8) is 0 Å². The van der Waals surface area contributed by atoms with Crippen molar-refractivity contribution in [2.75, 3.05) is 12.8 Å². The lowest BCUT2D eigenvalue weighted by Crippen LogP contribution is -2.16. The monoisotopic (exact) mass is 299 g/mol. The Kier molecular flexibility index (Phi) is 13.9. The largest absolute Gasteiger partial charge is 0.460 e. The number of benzene rings is 1. The molecular formula is C16H29NO2S. The van der Waals surface area contributed by atoms with Gasteiger partial charge >= 0.3 is 5.97 Å². The van der Waals surface area contributed by atoms with Crippen LogP contribution in [-0.4, -0.2) is 23.5 Å². The maximum atomic E-state index is 10.6. The van der Waals surface area contributed by atoms with Gasteiger partial charge in [-0.1, -0.05) is 65.0 Å². The van der Waals surface area contributed by atoms with E-state index in [9.17, 15) is 4.79 Å². The van der Waals surface area contributed by atoms with Crippen LogP contribution in [0.5, 0.6) is 0 Å². The molecule has 1 aromatic rings. The molecule has 1 rings (SSSR count). The Morgan fingerprint density at radius 2 is 1.65 bits per heavy atom. The van der Waals surface area contributed by atoms with Gasteiger partial charge in [-0.25, -0.2) is 0 Å². The van der Waals surface area contributed by atoms with E-state index in [-0.39, 0.29) is 12.5 Å². The molecule has 0 unspecified atom stereocenters. The summed E-state index contributed by atoms with van der Waals surface area (Å²) in [5.41, 5.74) is 6.03. The summed E-state index contributed by atoms with van der Waals surface area (Å²) in [6, 6.07) is 9.49. The number of rotatable bonds is 3. The lowest BCUT2D eigenvalue weighted by Gasteiger charge is -2.12. The Morgan fingerprint density at radius 1 is 1.20 bits per heavy atom. The zero-order valence-corrected chi connectivity index (χ0v) is 14.4. The molecule has 0 aliphatic heterocycles. The number of carbonyl (C=O) groups excluding carboxylic acids is 1. The molecule has 0 heterocycles. The van der Waals surface area contributed by atoms with Crippen molar-refractivity contribution >= 4 is 17.7 Å². The number of nitrogens with two attached hydrogens (primary N) is 1. The highest BCUT2D eigenvalue weighted by Gasteiger charge is 2.04. The summed E-state index contributed by atoms with van der Waals surface area (Å²) >= 11 is 1.88. The number of hydrogen-bond acceptors (Lipinski definition) is 4. The van der Waals surface area contributed by atoms with Gasteiger partial charge in [-0.15, -0.1) is 0 Å². The summed E-state index contributed by atoms with van der Waals surface area (Å²) in [6.07, 6.45) is 2.12. The maximum absolute atomic E-state index is 10.6. The van der Waals surface area contributed by atoms with E-state index >= 15 is 0 Å². The minimum Gasteiger partial charge on any atom is -0.460 e. The summed E-state index contributed by atoms with van der Waals surface area (Å²) in [5.74, 6) is -0.376. The summed E-state index contributed by atoms with van der Waals surface area (Å²) < 4.78 is 5.27. The van der Waals surface area contributed by atoms with Crippen LogP contribution in [0.15, 0.2) is 30.3 Å². The van der Waals surface area contributed by atoms with E-state index in [4.69, 9.17) is 10.5 Å². The van der Waals surface area contributed by atoms with Crippen molar-refractivity contribution in [3.05, 3.63) is 35.9 Å². The quantitative estimate of drug-likeness (QED) is 0.861. The van der Waals surface area contributed by atoms with Gasteiger partial charge < -0.3 is 10.5 Å². The van der Waals surface area contributed by atoms with Gasteiger partial charge in [0, 0.05) is 4.75 Å². The Morgan fingerprint density at radius 3 is 2.00 bits per heavy atom. The Balaban J connectivity index is 0. The third-order valence-electron chi connectivity index (χ3n) is 2.02. The molecule has 0 radical (unpaired) electrons. The van der Waals surface area contributed by atoms with Gasteiger partial charge in [0.15, 0.2) is 0 Å². The molecule has 20 heavy (non-hydrogen) atoms. The molecule has 0 spiro atoms. The molecule has 0 bridgehead atoms. The number of thioether (sulfide) groups is 1. The van der Waals surface area contributed by atoms with E-state index in [2.05, 4.69) is 27.0 Å². The zero-order valence-electron chi connectivity index (χ0n) is 13.6. The van der Waals surface area contributed by atoms with Crippen molar-refractivity contribution in [2.24, 2.45) is 5.73 Å². The fourth-order valence-electron chi connectivity index (χ4n) is 0.797. The summed E-state index contributed by atoms with van der Waals surface area (Å²) in [4.78, 5) is 10.6. The van der Waals surface area contributed by atoms with E-state index < -0.39 is 0 Å². The molecule has 0 aliphatic rings. The molecule has 1 aromatic carbocycles. The van der Waals surface area contributed by atoms with Crippen LogP contribution in [-0.2, 0) is 16.1 Å². The standard InChI is InChI=1S/C9H11NO2.C5H12S.C2H6/c10-6-9(11)12-7-8-4-2-1-3-5-8;1-5(2,3)6-4;1-2/h1-5H,6-7,10H2;1-4H3;1-2H3. The topological polar surface area (TPSA) is 52.3 Å². The second-order valence-electron chi connectivity index (χ2n) is 4.67. The van der Waals surface area contributed by atoms with Crippen LogP contribution >= 0.6 is 11.8 Å². The van der Waals surface area contributed by atoms with Crippen molar-refractivity contribution in [1.29, 1.82) is 0 Å². The minimum atomic E-state index is -0.376. The molecule has 0 fully saturated rings. The van der Waals surface area contributed by atoms with Gasteiger partial charge in [0.05, 0.1) is 6.54 Å². The summed E-state index contributed by atoms with van der Waals surface area (Å²) in [7, 11) is 0. The minimum absolute atomic E-state index is 0.0627. The molecule has 0 amide bonds. The zero-order chi connectivity index (χ0) is 16.0. The average molecular weight is 299 g/mol. The van der Waals surface area contributed by atoms with E-state index in [1.165, 1.54) is 0 Å². The van der Waals surface area contributed by atoms with Crippen LogP contribution in [0, 0.1) is 0 Å². The predicted octanol–water partition coefficient (Wildman–Crippen LogP) is 3.86. The van der Waals surface area contributed by atoms with Crippen LogP contribution in [0.2, 0.25) is 0 Å². The summed E-state index contributed by atoms with van der Waals surface area (Å²) in [6.45, 7) is 10.9. The SMILES string of the molecule is CC.CSC(C)(C)C.NCC(=O)OCc1ccccc1. The van der Waals surface area contributed by atoms with Crippen LogP contribution in [0.1, 0.15) is 40.2 Å². The molecule has 0 atom stereocenters. The van der Waals surface area contributed by atoms with E-state index in [0.29, 0.717) is 11.4 Å². The van der Waals surface area contributed by atoms with E-state index in [1.54, 1.807) is 0 Å². The highest BCUT2D eigenvalue weighted by atomic mass is 32.2. The number of hydrogen-bond donors (Lipinski definition) is 1. The molecule has 0 saturated heterocycles. The molecule has 3 nitrogen and oxygen atoms in total. The maximum Gasteiger partial charge on any atom is 0.320 e. The lowest BCUT2D eigenvalue weighted by atomic mass is 10.2. The predicted molar refractivity (Wildman–Crippen MR) is 89.9 cm³/mol. The van der Waals surface area contributed by atoms with E-state index in [0.717, 1.165) is 5.56 Å². The van der Waals surface area contributed by atoms with Crippen molar-refractivity contribution in [1.82, 2.24) is 0 Å². The fourth-order valence-corrected chi connectivity index (χ4v) is 0.797. The van der Waals surface area contributed by atoms with Crippen LogP contribution in [0.25, 0.3) is 0 Å². The van der Waals surface area contributed by atoms with Gasteiger partial charge in [0.2, 0.25) is 0 Å². The average Bonchev–Trinajstić information content (AvgIpc) is 2.48. The first-order chi connectivity index (χ1) is 9.39. The molecular weight excluding hydrogens is 270 g/mol. The second kappa shape index (κ2) is 13.0. The smallest absolute Gasteiger partial charge is 0.320 e. The van der Waals surface area contributed by atoms with Crippen LogP contribution in [0.4, 0.5) is 0 Å². The van der Waals surface area contributed by atoms with Gasteiger partial charge in [-0.05, 0) is 11.8 Å².